The fourth-order valence-electron chi connectivity index (χ4n) is 3.36. The van der Waals surface area contributed by atoms with Gasteiger partial charge in [0, 0.05) is 11.3 Å². The Hall–Kier alpha value is -4.17. The number of thioether (sulfide) groups is 1. The highest BCUT2D eigenvalue weighted by atomic mass is 32.2. The van der Waals surface area contributed by atoms with Crippen LogP contribution < -0.4 is 10.1 Å². The van der Waals surface area contributed by atoms with Crippen LogP contribution in [0.1, 0.15) is 21.5 Å². The Labute approximate surface area is 206 Å². The lowest BCUT2D eigenvalue weighted by Crippen LogP contribution is -2.33. The summed E-state index contributed by atoms with van der Waals surface area (Å²) in [5.74, 6) is -0.592. The van der Waals surface area contributed by atoms with Crippen molar-refractivity contribution in [1.82, 2.24) is 4.90 Å². The summed E-state index contributed by atoms with van der Waals surface area (Å²) < 4.78 is 5.54. The molecule has 1 N–H and O–H groups in total. The van der Waals surface area contributed by atoms with E-state index in [0.717, 1.165) is 27.9 Å². The minimum atomic E-state index is -0.502. The number of nitrogens with zero attached hydrogens (tertiary/aromatic N) is 1. The van der Waals surface area contributed by atoms with Crippen LogP contribution in [0.2, 0.25) is 0 Å². The molecular formula is C27H22N2O5S. The molecule has 1 saturated heterocycles. The number of carbonyl (C=O) groups excluding carboxylic acids is 4. The Morgan fingerprint density at radius 2 is 1.63 bits per heavy atom. The molecule has 0 aromatic heterocycles. The molecule has 0 radical (unpaired) electrons. The van der Waals surface area contributed by atoms with E-state index in [1.807, 2.05) is 31.2 Å². The second kappa shape index (κ2) is 10.8. The SMILES string of the molecule is Cc1ccccc1NC(=O)COc1ccc(/C=C2\SC(=O)N(CC(=O)c3ccccc3)C2=O)cc1. The Balaban J connectivity index is 1.34. The molecule has 1 aliphatic rings. The summed E-state index contributed by atoms with van der Waals surface area (Å²) in [6.07, 6.45) is 1.59. The number of hydrogen-bond donors (Lipinski definition) is 1. The molecule has 0 saturated carbocycles. The van der Waals surface area contributed by atoms with E-state index in [4.69, 9.17) is 4.74 Å². The first-order valence-electron chi connectivity index (χ1n) is 10.8. The van der Waals surface area contributed by atoms with Crippen molar-refractivity contribution < 1.29 is 23.9 Å². The summed E-state index contributed by atoms with van der Waals surface area (Å²) in [5.41, 5.74) is 2.82. The van der Waals surface area contributed by atoms with Crippen LogP contribution in [0.4, 0.5) is 10.5 Å². The zero-order chi connectivity index (χ0) is 24.8. The third-order valence-corrected chi connectivity index (χ3v) is 6.15. The van der Waals surface area contributed by atoms with Crippen LogP contribution in [0.3, 0.4) is 0 Å². The summed E-state index contributed by atoms with van der Waals surface area (Å²) in [5, 5.41) is 2.32. The molecule has 0 bridgehead atoms. The number of ether oxygens (including phenoxy) is 1. The monoisotopic (exact) mass is 486 g/mol. The maximum Gasteiger partial charge on any atom is 0.293 e. The Morgan fingerprint density at radius 3 is 2.34 bits per heavy atom. The number of aryl methyl sites for hydroxylation is 1. The Morgan fingerprint density at radius 1 is 0.943 bits per heavy atom. The van der Waals surface area contributed by atoms with Gasteiger partial charge in [-0.1, -0.05) is 60.7 Å². The van der Waals surface area contributed by atoms with Gasteiger partial charge in [-0.05, 0) is 54.1 Å². The van der Waals surface area contributed by atoms with Crippen LogP contribution in [0.5, 0.6) is 5.75 Å². The van der Waals surface area contributed by atoms with Gasteiger partial charge >= 0.3 is 0 Å². The molecule has 0 atom stereocenters. The summed E-state index contributed by atoms with van der Waals surface area (Å²) >= 11 is 0.796. The van der Waals surface area contributed by atoms with Gasteiger partial charge in [-0.3, -0.25) is 24.1 Å². The molecule has 3 aromatic carbocycles. The van der Waals surface area contributed by atoms with E-state index in [0.29, 0.717) is 16.9 Å². The standard InChI is InChI=1S/C27H22N2O5S/c1-18-7-5-6-10-22(18)28-25(31)17-34-21-13-11-19(12-14-21)15-24-26(32)29(27(33)35-24)16-23(30)20-8-3-2-4-9-20/h2-15H,16-17H2,1H3,(H,28,31)/b24-15-. The van der Waals surface area contributed by atoms with E-state index < -0.39 is 11.1 Å². The molecule has 4 rings (SSSR count). The van der Waals surface area contributed by atoms with E-state index in [1.54, 1.807) is 60.7 Å². The molecule has 7 nitrogen and oxygen atoms in total. The third kappa shape index (κ3) is 6.04. The van der Waals surface area contributed by atoms with Crippen LogP contribution in [-0.2, 0) is 9.59 Å². The first kappa shape index (κ1) is 24.0. The largest absolute Gasteiger partial charge is 0.484 e. The van der Waals surface area contributed by atoms with Gasteiger partial charge in [0.15, 0.2) is 12.4 Å². The van der Waals surface area contributed by atoms with Crippen molar-refractivity contribution in [2.45, 2.75) is 6.92 Å². The van der Waals surface area contributed by atoms with Crippen LogP contribution >= 0.6 is 11.8 Å². The molecule has 8 heteroatoms. The fraction of sp³-hybridized carbons (Fsp3) is 0.111. The van der Waals surface area contributed by atoms with Crippen LogP contribution in [0.25, 0.3) is 6.08 Å². The van der Waals surface area contributed by atoms with E-state index >= 15 is 0 Å². The van der Waals surface area contributed by atoms with Crippen LogP contribution in [-0.4, -0.2) is 40.9 Å². The number of amides is 3. The van der Waals surface area contributed by atoms with E-state index in [9.17, 15) is 19.2 Å². The number of carbonyl (C=O) groups is 4. The molecule has 35 heavy (non-hydrogen) atoms. The van der Waals surface area contributed by atoms with Crippen molar-refractivity contribution in [3.8, 4) is 5.75 Å². The Kier molecular flexibility index (Phi) is 7.42. The lowest BCUT2D eigenvalue weighted by Gasteiger charge is -2.11. The highest BCUT2D eigenvalue weighted by Gasteiger charge is 2.36. The number of ketones is 1. The second-order valence-electron chi connectivity index (χ2n) is 7.78. The minimum Gasteiger partial charge on any atom is -0.484 e. The van der Waals surface area contributed by atoms with Gasteiger partial charge in [0.2, 0.25) is 0 Å². The molecule has 0 spiro atoms. The predicted octanol–water partition coefficient (Wildman–Crippen LogP) is 4.93. The maximum absolute atomic E-state index is 12.7. The first-order chi connectivity index (χ1) is 16.9. The normalized spacial score (nSPS) is 14.3. The number of anilines is 1. The predicted molar refractivity (Wildman–Crippen MR) is 135 cm³/mol. The molecule has 176 valence electrons. The lowest BCUT2D eigenvalue weighted by atomic mass is 10.1. The molecule has 3 amide bonds. The zero-order valence-electron chi connectivity index (χ0n) is 18.9. The van der Waals surface area contributed by atoms with Gasteiger partial charge in [-0.15, -0.1) is 0 Å². The number of benzene rings is 3. The summed E-state index contributed by atoms with van der Waals surface area (Å²) in [6.45, 7) is 1.45. The maximum atomic E-state index is 12.7. The minimum absolute atomic E-state index is 0.151. The van der Waals surface area contributed by atoms with E-state index in [1.165, 1.54) is 0 Å². The van der Waals surface area contributed by atoms with Crippen molar-refractivity contribution in [2.75, 3.05) is 18.5 Å². The summed E-state index contributed by atoms with van der Waals surface area (Å²) in [6, 6.07) is 22.8. The van der Waals surface area contributed by atoms with Gasteiger partial charge in [0.25, 0.3) is 17.1 Å². The quantitative estimate of drug-likeness (QED) is 0.358. The number of para-hydroxylation sites is 1. The van der Waals surface area contributed by atoms with Gasteiger partial charge in [0.1, 0.15) is 5.75 Å². The fourth-order valence-corrected chi connectivity index (χ4v) is 4.19. The number of Topliss-reactive ketones (excluding diaryl/α,β-unsaturated/α-hetero) is 1. The highest BCUT2D eigenvalue weighted by Crippen LogP contribution is 2.32. The number of hydrogen-bond acceptors (Lipinski definition) is 6. The van der Waals surface area contributed by atoms with Gasteiger partial charge in [0.05, 0.1) is 11.4 Å². The molecule has 1 heterocycles. The van der Waals surface area contributed by atoms with E-state index in [2.05, 4.69) is 5.32 Å². The highest BCUT2D eigenvalue weighted by molar-refractivity contribution is 8.18. The zero-order valence-corrected chi connectivity index (χ0v) is 19.7. The molecular weight excluding hydrogens is 464 g/mol. The van der Waals surface area contributed by atoms with Crippen molar-refractivity contribution >= 4 is 46.4 Å². The van der Waals surface area contributed by atoms with Crippen molar-refractivity contribution in [3.63, 3.8) is 0 Å². The number of nitrogens with one attached hydrogen (secondary N) is 1. The lowest BCUT2D eigenvalue weighted by molar-refractivity contribution is -0.122. The van der Waals surface area contributed by atoms with Gasteiger partial charge < -0.3 is 10.1 Å². The van der Waals surface area contributed by atoms with Crippen LogP contribution in [0, 0.1) is 6.92 Å². The molecule has 1 fully saturated rings. The van der Waals surface area contributed by atoms with Crippen molar-refractivity contribution in [1.29, 1.82) is 0 Å². The number of imide groups is 1. The molecule has 1 aliphatic heterocycles. The molecule has 0 aliphatic carbocycles. The van der Waals surface area contributed by atoms with Crippen LogP contribution in [0.15, 0.2) is 83.8 Å². The van der Waals surface area contributed by atoms with Crippen molar-refractivity contribution in [3.05, 3.63) is 100 Å². The Bertz CT molecular complexity index is 1300. The third-order valence-electron chi connectivity index (χ3n) is 5.24. The molecule has 3 aromatic rings. The van der Waals surface area contributed by atoms with Gasteiger partial charge in [-0.2, -0.15) is 0 Å². The summed E-state index contributed by atoms with van der Waals surface area (Å²) in [4.78, 5) is 50.8. The topological polar surface area (TPSA) is 92.8 Å². The first-order valence-corrected chi connectivity index (χ1v) is 11.6. The summed E-state index contributed by atoms with van der Waals surface area (Å²) in [7, 11) is 0. The van der Waals surface area contributed by atoms with Crippen molar-refractivity contribution in [2.24, 2.45) is 0 Å². The smallest absolute Gasteiger partial charge is 0.293 e. The van der Waals surface area contributed by atoms with E-state index in [-0.39, 0.29) is 29.7 Å². The second-order valence-corrected chi connectivity index (χ2v) is 8.77. The van der Waals surface area contributed by atoms with Gasteiger partial charge in [-0.25, -0.2) is 0 Å². The average molecular weight is 487 g/mol. The average Bonchev–Trinajstić information content (AvgIpc) is 3.12. The molecule has 0 unspecified atom stereocenters. The number of rotatable bonds is 8.